The molecule has 1 atom stereocenters. The van der Waals surface area contributed by atoms with Crippen LogP contribution in [-0.4, -0.2) is 72.0 Å². The third kappa shape index (κ3) is 3.92. The first-order valence-electron chi connectivity index (χ1n) is 11.1. The van der Waals surface area contributed by atoms with Crippen LogP contribution in [0.15, 0.2) is 36.7 Å². The van der Waals surface area contributed by atoms with Crippen molar-refractivity contribution in [3.8, 4) is 0 Å². The van der Waals surface area contributed by atoms with Crippen LogP contribution in [0.3, 0.4) is 0 Å². The molecular formula is C24H29N5OS. The van der Waals surface area contributed by atoms with E-state index >= 15 is 0 Å². The van der Waals surface area contributed by atoms with Gasteiger partial charge >= 0.3 is 0 Å². The second-order valence-electron chi connectivity index (χ2n) is 8.72. The number of hydrogen-bond acceptors (Lipinski definition) is 6. The Balaban J connectivity index is 1.43. The van der Waals surface area contributed by atoms with Gasteiger partial charge in [0.15, 0.2) is 0 Å². The van der Waals surface area contributed by atoms with Gasteiger partial charge in [-0.3, -0.25) is 4.79 Å². The molecule has 2 aromatic heterocycles. The SMILES string of the molecule is Cc1c(C(=O)N2CCC[C@@H](c3ccccc3)C2)sc2ncnc(N3CCN(C)CC3)c12. The van der Waals surface area contributed by atoms with Gasteiger partial charge in [-0.25, -0.2) is 9.97 Å². The Hall–Kier alpha value is -2.51. The lowest BCUT2D eigenvalue weighted by Gasteiger charge is -2.33. The van der Waals surface area contributed by atoms with Crippen LogP contribution in [0, 0.1) is 6.92 Å². The number of aromatic nitrogens is 2. The molecule has 2 fully saturated rings. The zero-order valence-electron chi connectivity index (χ0n) is 18.3. The van der Waals surface area contributed by atoms with Gasteiger partial charge in [0.25, 0.3) is 5.91 Å². The van der Waals surface area contributed by atoms with Crippen molar-refractivity contribution in [3.63, 3.8) is 0 Å². The molecule has 1 amide bonds. The number of piperazine rings is 1. The minimum atomic E-state index is 0.144. The minimum absolute atomic E-state index is 0.144. The smallest absolute Gasteiger partial charge is 0.264 e. The van der Waals surface area contributed by atoms with Crippen molar-refractivity contribution in [2.24, 2.45) is 0 Å². The van der Waals surface area contributed by atoms with Crippen molar-refractivity contribution in [1.29, 1.82) is 0 Å². The molecule has 3 aromatic rings. The first-order valence-corrected chi connectivity index (χ1v) is 12.0. The van der Waals surface area contributed by atoms with Crippen LogP contribution in [0.2, 0.25) is 0 Å². The maximum absolute atomic E-state index is 13.6. The summed E-state index contributed by atoms with van der Waals surface area (Å²) in [6.07, 6.45) is 3.83. The molecule has 0 N–H and O–H groups in total. The van der Waals surface area contributed by atoms with E-state index in [0.29, 0.717) is 5.92 Å². The molecular weight excluding hydrogens is 406 g/mol. The van der Waals surface area contributed by atoms with Gasteiger partial charge in [-0.05, 0) is 37.9 Å². The fourth-order valence-corrected chi connectivity index (χ4v) is 5.93. The van der Waals surface area contributed by atoms with Gasteiger partial charge in [0.1, 0.15) is 17.0 Å². The number of carbonyl (C=O) groups is 1. The first-order chi connectivity index (χ1) is 15.1. The van der Waals surface area contributed by atoms with Crippen LogP contribution < -0.4 is 4.90 Å². The normalized spacial score (nSPS) is 20.4. The summed E-state index contributed by atoms with van der Waals surface area (Å²) in [7, 11) is 2.15. The molecule has 2 aliphatic heterocycles. The lowest BCUT2D eigenvalue weighted by atomic mass is 9.90. The molecule has 0 bridgehead atoms. The number of piperidine rings is 1. The summed E-state index contributed by atoms with van der Waals surface area (Å²) in [6, 6.07) is 10.6. The van der Waals surface area contributed by atoms with Crippen molar-refractivity contribution in [1.82, 2.24) is 19.8 Å². The molecule has 31 heavy (non-hydrogen) atoms. The molecule has 162 valence electrons. The monoisotopic (exact) mass is 435 g/mol. The Bertz CT molecular complexity index is 1070. The molecule has 1 aromatic carbocycles. The van der Waals surface area contributed by atoms with Crippen LogP contribution in [0.25, 0.3) is 10.2 Å². The Labute approximate surface area is 187 Å². The average Bonchev–Trinajstić information content (AvgIpc) is 3.16. The molecule has 0 saturated carbocycles. The predicted molar refractivity (Wildman–Crippen MR) is 126 cm³/mol. The lowest BCUT2D eigenvalue weighted by Crippen LogP contribution is -2.44. The second kappa shape index (κ2) is 8.55. The molecule has 0 spiro atoms. The Kier molecular flexibility index (Phi) is 5.63. The number of amides is 1. The number of likely N-dealkylation sites (N-methyl/N-ethyl adjacent to an activating group) is 1. The third-order valence-corrected chi connectivity index (χ3v) is 7.87. The van der Waals surface area contributed by atoms with Crippen molar-refractivity contribution in [2.75, 3.05) is 51.2 Å². The Morgan fingerprint density at radius 3 is 2.61 bits per heavy atom. The predicted octanol–water partition coefficient (Wildman–Crippen LogP) is 3.77. The molecule has 4 heterocycles. The zero-order valence-corrected chi connectivity index (χ0v) is 19.1. The molecule has 2 saturated heterocycles. The number of thiophene rings is 1. The van der Waals surface area contributed by atoms with Gasteiger partial charge in [0, 0.05) is 45.2 Å². The van der Waals surface area contributed by atoms with Crippen LogP contribution in [-0.2, 0) is 0 Å². The number of nitrogens with zero attached hydrogens (tertiary/aromatic N) is 5. The van der Waals surface area contributed by atoms with Crippen LogP contribution in [0.1, 0.15) is 39.6 Å². The van der Waals surface area contributed by atoms with E-state index in [0.717, 1.165) is 78.6 Å². The molecule has 5 rings (SSSR count). The summed E-state index contributed by atoms with van der Waals surface area (Å²) >= 11 is 1.52. The van der Waals surface area contributed by atoms with E-state index in [-0.39, 0.29) is 5.91 Å². The van der Waals surface area contributed by atoms with E-state index in [2.05, 4.69) is 64.1 Å². The quantitative estimate of drug-likeness (QED) is 0.627. The van der Waals surface area contributed by atoms with Crippen molar-refractivity contribution in [3.05, 3.63) is 52.7 Å². The number of anilines is 1. The first kappa shape index (κ1) is 20.4. The minimum Gasteiger partial charge on any atom is -0.353 e. The van der Waals surface area contributed by atoms with E-state index in [4.69, 9.17) is 0 Å². The van der Waals surface area contributed by atoms with E-state index in [1.807, 2.05) is 4.90 Å². The highest BCUT2D eigenvalue weighted by molar-refractivity contribution is 7.20. The summed E-state index contributed by atoms with van der Waals surface area (Å²) in [5.41, 5.74) is 2.36. The van der Waals surface area contributed by atoms with E-state index in [1.165, 1.54) is 16.9 Å². The topological polar surface area (TPSA) is 52.6 Å². The van der Waals surface area contributed by atoms with Crippen molar-refractivity contribution >= 4 is 33.3 Å². The zero-order chi connectivity index (χ0) is 21.4. The van der Waals surface area contributed by atoms with Gasteiger partial charge in [-0.2, -0.15) is 0 Å². The van der Waals surface area contributed by atoms with Crippen molar-refractivity contribution < 1.29 is 4.79 Å². The maximum Gasteiger partial charge on any atom is 0.264 e. The maximum atomic E-state index is 13.6. The van der Waals surface area contributed by atoms with E-state index in [9.17, 15) is 4.79 Å². The fourth-order valence-electron chi connectivity index (χ4n) is 4.82. The van der Waals surface area contributed by atoms with Crippen molar-refractivity contribution in [2.45, 2.75) is 25.7 Å². The van der Waals surface area contributed by atoms with Crippen LogP contribution in [0.5, 0.6) is 0 Å². The summed E-state index contributed by atoms with van der Waals surface area (Å²) in [6.45, 7) is 7.62. The average molecular weight is 436 g/mol. The second-order valence-corrected chi connectivity index (χ2v) is 9.72. The highest BCUT2D eigenvalue weighted by Crippen LogP contribution is 2.37. The highest BCUT2D eigenvalue weighted by atomic mass is 32.1. The Morgan fingerprint density at radius 2 is 1.84 bits per heavy atom. The fraction of sp³-hybridized carbons (Fsp3) is 0.458. The number of benzene rings is 1. The Morgan fingerprint density at radius 1 is 1.06 bits per heavy atom. The number of likely N-dealkylation sites (tertiary alicyclic amines) is 1. The third-order valence-electron chi connectivity index (χ3n) is 6.68. The molecule has 6 nitrogen and oxygen atoms in total. The largest absolute Gasteiger partial charge is 0.353 e. The molecule has 2 aliphatic rings. The summed E-state index contributed by atoms with van der Waals surface area (Å²) in [5, 5.41) is 1.05. The standard InChI is InChI=1S/C24H29N5OS/c1-17-20-22(28-13-11-27(2)12-14-28)25-16-26-23(20)31-21(17)24(30)29-10-6-9-19(15-29)18-7-4-3-5-8-18/h3-5,7-8,16,19H,6,9-15H2,1-2H3/t19-/m1/s1. The number of hydrogen-bond donors (Lipinski definition) is 0. The number of aryl methyl sites for hydroxylation is 1. The van der Waals surface area contributed by atoms with Gasteiger partial charge < -0.3 is 14.7 Å². The molecule has 0 aliphatic carbocycles. The molecule has 0 unspecified atom stereocenters. The summed E-state index contributed by atoms with van der Waals surface area (Å²) < 4.78 is 0. The van der Waals surface area contributed by atoms with E-state index < -0.39 is 0 Å². The van der Waals surface area contributed by atoms with Gasteiger partial charge in [0.2, 0.25) is 0 Å². The van der Waals surface area contributed by atoms with Crippen LogP contribution in [0.4, 0.5) is 5.82 Å². The number of fused-ring (bicyclic) bond motifs is 1. The summed E-state index contributed by atoms with van der Waals surface area (Å²) in [4.78, 5) is 31.2. The van der Waals surface area contributed by atoms with Gasteiger partial charge in [-0.15, -0.1) is 11.3 Å². The lowest BCUT2D eigenvalue weighted by molar-refractivity contribution is 0.0711. The van der Waals surface area contributed by atoms with Crippen LogP contribution >= 0.6 is 11.3 Å². The van der Waals surface area contributed by atoms with E-state index in [1.54, 1.807) is 6.33 Å². The molecule has 7 heteroatoms. The van der Waals surface area contributed by atoms with Gasteiger partial charge in [0.05, 0.1) is 10.3 Å². The number of rotatable bonds is 3. The summed E-state index contributed by atoms with van der Waals surface area (Å²) in [5.74, 6) is 1.53. The number of carbonyl (C=O) groups excluding carboxylic acids is 1. The molecule has 0 radical (unpaired) electrons. The highest BCUT2D eigenvalue weighted by Gasteiger charge is 2.29. The van der Waals surface area contributed by atoms with Gasteiger partial charge in [-0.1, -0.05) is 30.3 Å².